The van der Waals surface area contributed by atoms with Crippen LogP contribution in [-0.4, -0.2) is 42.2 Å². The van der Waals surface area contributed by atoms with Crippen LogP contribution in [0.2, 0.25) is 0 Å². The summed E-state index contributed by atoms with van der Waals surface area (Å²) in [4.78, 5) is 13.5. The number of nitrogens with two attached hydrogens (primary N) is 1. The van der Waals surface area contributed by atoms with Crippen LogP contribution >= 0.6 is 0 Å². The largest absolute Gasteiger partial charge is 0.393 e. The Kier molecular flexibility index (Phi) is 6.16. The molecule has 0 spiro atoms. The minimum atomic E-state index is -0.541. The van der Waals surface area contributed by atoms with Crippen LogP contribution in [0, 0.1) is 17.7 Å². The number of halogens is 1. The number of hydrogen-bond acceptors (Lipinski definition) is 3. The molecule has 0 saturated carbocycles. The number of nitrogens with zero attached hydrogens (tertiary/aromatic N) is 1. The van der Waals surface area contributed by atoms with Crippen LogP contribution in [0.5, 0.6) is 0 Å². The molecule has 3 N–H and O–H groups in total. The minimum Gasteiger partial charge on any atom is -0.393 e. The van der Waals surface area contributed by atoms with E-state index in [-0.39, 0.29) is 23.6 Å². The van der Waals surface area contributed by atoms with Gasteiger partial charge in [0.2, 0.25) is 0 Å². The summed E-state index contributed by atoms with van der Waals surface area (Å²) in [7, 11) is 1.62. The summed E-state index contributed by atoms with van der Waals surface area (Å²) in [5.41, 5.74) is 5.70. The molecule has 0 bridgehead atoms. The van der Waals surface area contributed by atoms with Gasteiger partial charge >= 0.3 is 0 Å². The zero-order valence-electron chi connectivity index (χ0n) is 11.7. The molecule has 0 aliphatic rings. The highest BCUT2D eigenvalue weighted by molar-refractivity contribution is 5.94. The van der Waals surface area contributed by atoms with E-state index in [1.165, 1.54) is 23.1 Å². The maximum Gasteiger partial charge on any atom is 0.253 e. The second kappa shape index (κ2) is 7.63. The maximum absolute atomic E-state index is 13.8. The molecule has 0 heterocycles. The second-order valence-corrected chi connectivity index (χ2v) is 4.56. The molecule has 20 heavy (non-hydrogen) atoms. The lowest BCUT2D eigenvalue weighted by Gasteiger charge is -2.18. The van der Waals surface area contributed by atoms with E-state index in [1.807, 2.05) is 0 Å². The van der Waals surface area contributed by atoms with Crippen molar-refractivity contribution in [1.29, 1.82) is 0 Å². The molecule has 0 fully saturated rings. The van der Waals surface area contributed by atoms with Gasteiger partial charge in [-0.1, -0.05) is 11.8 Å². The van der Waals surface area contributed by atoms with Crippen LogP contribution < -0.4 is 5.73 Å². The van der Waals surface area contributed by atoms with E-state index in [0.717, 1.165) is 0 Å². The molecule has 5 heteroatoms. The summed E-state index contributed by atoms with van der Waals surface area (Å²) in [5, 5.41) is 9.19. The van der Waals surface area contributed by atoms with Crippen molar-refractivity contribution in [3.8, 4) is 11.8 Å². The Morgan fingerprint density at radius 1 is 1.55 bits per heavy atom. The van der Waals surface area contributed by atoms with Gasteiger partial charge in [-0.05, 0) is 31.5 Å². The van der Waals surface area contributed by atoms with Crippen molar-refractivity contribution in [1.82, 2.24) is 4.90 Å². The molecule has 1 aromatic rings. The van der Waals surface area contributed by atoms with Crippen LogP contribution in [0.25, 0.3) is 0 Å². The molecule has 1 aromatic carbocycles. The summed E-state index contributed by atoms with van der Waals surface area (Å²) in [6.45, 7) is 2.22. The smallest absolute Gasteiger partial charge is 0.253 e. The Balaban J connectivity index is 2.81. The number of aliphatic hydroxyl groups excluding tert-OH is 1. The highest BCUT2D eigenvalue weighted by Gasteiger charge is 2.14. The van der Waals surface area contributed by atoms with Crippen LogP contribution in [0.3, 0.4) is 0 Å². The summed E-state index contributed by atoms with van der Waals surface area (Å²) in [6, 6.07) is 4.17. The van der Waals surface area contributed by atoms with Gasteiger partial charge in [0.25, 0.3) is 5.91 Å². The summed E-state index contributed by atoms with van der Waals surface area (Å²) < 4.78 is 13.8. The standard InChI is InChI=1S/C15H19FN2O2/c1-11(19)7-9-18(2)15(20)13-6-5-12(4-3-8-17)14(16)10-13/h5-6,10-11,19H,7-9,17H2,1-2H3. The van der Waals surface area contributed by atoms with E-state index in [1.54, 1.807) is 14.0 Å². The Morgan fingerprint density at radius 3 is 2.80 bits per heavy atom. The predicted molar refractivity (Wildman–Crippen MR) is 75.6 cm³/mol. The minimum absolute atomic E-state index is 0.155. The Bertz CT molecular complexity index is 532. The van der Waals surface area contributed by atoms with Gasteiger partial charge in [-0.3, -0.25) is 4.79 Å². The summed E-state index contributed by atoms with van der Waals surface area (Å²) >= 11 is 0. The Labute approximate surface area is 118 Å². The SMILES string of the molecule is CC(O)CCN(C)C(=O)c1ccc(C#CCN)c(F)c1. The molecule has 108 valence electrons. The van der Waals surface area contributed by atoms with E-state index in [0.29, 0.717) is 13.0 Å². The lowest BCUT2D eigenvalue weighted by atomic mass is 10.1. The van der Waals surface area contributed by atoms with Gasteiger partial charge in [-0.25, -0.2) is 4.39 Å². The fraction of sp³-hybridized carbons (Fsp3) is 0.400. The van der Waals surface area contributed by atoms with Gasteiger partial charge in [0.1, 0.15) is 5.82 Å². The molecule has 1 amide bonds. The monoisotopic (exact) mass is 278 g/mol. The molecule has 0 aliphatic heterocycles. The molecule has 0 aliphatic carbocycles. The molecule has 0 saturated heterocycles. The molecule has 1 atom stereocenters. The van der Waals surface area contributed by atoms with E-state index < -0.39 is 11.9 Å². The summed E-state index contributed by atoms with van der Waals surface area (Å²) in [6.07, 6.45) is 0.000946. The average Bonchev–Trinajstić information content (AvgIpc) is 2.42. The molecule has 1 unspecified atom stereocenters. The zero-order chi connectivity index (χ0) is 15.1. The third kappa shape index (κ3) is 4.65. The fourth-order valence-electron chi connectivity index (χ4n) is 1.60. The molecule has 1 rings (SSSR count). The van der Waals surface area contributed by atoms with Gasteiger partial charge in [0, 0.05) is 19.2 Å². The summed E-state index contributed by atoms with van der Waals surface area (Å²) in [5.74, 6) is 4.33. The van der Waals surface area contributed by atoms with E-state index in [9.17, 15) is 14.3 Å². The number of carbonyl (C=O) groups is 1. The van der Waals surface area contributed by atoms with Crippen LogP contribution in [0.4, 0.5) is 4.39 Å². The van der Waals surface area contributed by atoms with Crippen LogP contribution in [-0.2, 0) is 0 Å². The predicted octanol–water partition coefficient (Wildman–Crippen LogP) is 0.979. The number of rotatable bonds is 4. The number of hydrogen-bond donors (Lipinski definition) is 2. The molecular weight excluding hydrogens is 259 g/mol. The lowest BCUT2D eigenvalue weighted by molar-refractivity contribution is 0.0768. The Hall–Kier alpha value is -1.90. The van der Waals surface area contributed by atoms with Crippen molar-refractivity contribution in [2.45, 2.75) is 19.4 Å². The van der Waals surface area contributed by atoms with Gasteiger partial charge in [-0.2, -0.15) is 0 Å². The van der Waals surface area contributed by atoms with E-state index in [2.05, 4.69) is 11.8 Å². The van der Waals surface area contributed by atoms with Crippen molar-refractivity contribution in [2.24, 2.45) is 5.73 Å². The maximum atomic E-state index is 13.8. The first-order valence-electron chi connectivity index (χ1n) is 6.37. The molecule has 0 aromatic heterocycles. The average molecular weight is 278 g/mol. The first-order valence-corrected chi connectivity index (χ1v) is 6.37. The van der Waals surface area contributed by atoms with Gasteiger partial charge in [0.15, 0.2) is 0 Å². The van der Waals surface area contributed by atoms with Crippen molar-refractivity contribution >= 4 is 5.91 Å². The van der Waals surface area contributed by atoms with Crippen molar-refractivity contribution in [2.75, 3.05) is 20.1 Å². The quantitative estimate of drug-likeness (QED) is 0.807. The number of amides is 1. The first kappa shape index (κ1) is 16.2. The third-order valence-corrected chi connectivity index (χ3v) is 2.77. The van der Waals surface area contributed by atoms with Gasteiger partial charge in [0.05, 0.1) is 18.2 Å². The van der Waals surface area contributed by atoms with E-state index in [4.69, 9.17) is 5.73 Å². The topological polar surface area (TPSA) is 66.6 Å². The number of carbonyl (C=O) groups excluding carboxylic acids is 1. The molecule has 4 nitrogen and oxygen atoms in total. The van der Waals surface area contributed by atoms with E-state index >= 15 is 0 Å². The van der Waals surface area contributed by atoms with Crippen molar-refractivity contribution in [3.63, 3.8) is 0 Å². The van der Waals surface area contributed by atoms with Crippen LogP contribution in [0.1, 0.15) is 29.3 Å². The van der Waals surface area contributed by atoms with Crippen LogP contribution in [0.15, 0.2) is 18.2 Å². The van der Waals surface area contributed by atoms with Gasteiger partial charge < -0.3 is 15.7 Å². The molecule has 0 radical (unpaired) electrons. The highest BCUT2D eigenvalue weighted by atomic mass is 19.1. The number of aliphatic hydroxyl groups is 1. The second-order valence-electron chi connectivity index (χ2n) is 4.56. The normalized spacial score (nSPS) is 11.4. The first-order chi connectivity index (χ1) is 9.45. The van der Waals surface area contributed by atoms with Crippen molar-refractivity contribution in [3.05, 3.63) is 35.1 Å². The number of benzene rings is 1. The highest BCUT2D eigenvalue weighted by Crippen LogP contribution is 2.11. The third-order valence-electron chi connectivity index (χ3n) is 2.77. The van der Waals surface area contributed by atoms with Gasteiger partial charge in [-0.15, -0.1) is 0 Å². The molecular formula is C15H19FN2O2. The fourth-order valence-corrected chi connectivity index (χ4v) is 1.60. The lowest BCUT2D eigenvalue weighted by Crippen LogP contribution is -2.29. The van der Waals surface area contributed by atoms with Crippen molar-refractivity contribution < 1.29 is 14.3 Å². The zero-order valence-corrected chi connectivity index (χ0v) is 11.7. The Morgan fingerprint density at radius 2 is 2.25 bits per heavy atom.